The summed E-state index contributed by atoms with van der Waals surface area (Å²) in [6.07, 6.45) is 3.53. The first-order chi connectivity index (χ1) is 11.7. The second-order valence-corrected chi connectivity index (χ2v) is 5.68. The van der Waals surface area contributed by atoms with Crippen molar-refractivity contribution in [2.75, 3.05) is 24.6 Å². The van der Waals surface area contributed by atoms with Crippen molar-refractivity contribution in [2.45, 2.75) is 18.9 Å². The quantitative estimate of drug-likeness (QED) is 0.905. The number of anilines is 1. The van der Waals surface area contributed by atoms with E-state index < -0.39 is 0 Å². The Bertz CT molecular complexity index is 666. The summed E-state index contributed by atoms with van der Waals surface area (Å²) >= 11 is 0. The maximum atomic E-state index is 12.8. The molecular formula is C17H19FN4O2. The summed E-state index contributed by atoms with van der Waals surface area (Å²) in [6, 6.07) is 9.40. The molecule has 1 N–H and O–H groups in total. The predicted octanol–water partition coefficient (Wildman–Crippen LogP) is 1.78. The summed E-state index contributed by atoms with van der Waals surface area (Å²) in [4.78, 5) is 14.2. The average Bonchev–Trinajstić information content (AvgIpc) is 2.62. The Labute approximate surface area is 139 Å². The number of carbonyl (C=O) groups is 1. The van der Waals surface area contributed by atoms with Crippen molar-refractivity contribution in [2.24, 2.45) is 0 Å². The van der Waals surface area contributed by atoms with Crippen LogP contribution in [0.25, 0.3) is 0 Å². The van der Waals surface area contributed by atoms with Crippen molar-refractivity contribution in [3.63, 3.8) is 0 Å². The normalized spacial score (nSPS) is 17.4. The molecule has 126 valence electrons. The molecule has 0 bridgehead atoms. The highest BCUT2D eigenvalue weighted by Gasteiger charge is 2.22. The van der Waals surface area contributed by atoms with Crippen LogP contribution in [0.3, 0.4) is 0 Å². The highest BCUT2D eigenvalue weighted by Crippen LogP contribution is 2.16. The summed E-state index contributed by atoms with van der Waals surface area (Å²) in [7, 11) is 0. The molecule has 2 aromatic rings. The lowest BCUT2D eigenvalue weighted by Crippen LogP contribution is -2.49. The molecule has 1 aliphatic heterocycles. The first kappa shape index (κ1) is 16.2. The zero-order valence-electron chi connectivity index (χ0n) is 13.2. The molecule has 0 spiro atoms. The van der Waals surface area contributed by atoms with Crippen LogP contribution in [0.15, 0.2) is 42.6 Å². The summed E-state index contributed by atoms with van der Waals surface area (Å²) in [5, 5.41) is 11.0. The molecule has 0 saturated carbocycles. The van der Waals surface area contributed by atoms with Crippen LogP contribution in [0.4, 0.5) is 10.2 Å². The van der Waals surface area contributed by atoms with Gasteiger partial charge >= 0.3 is 0 Å². The van der Waals surface area contributed by atoms with E-state index in [9.17, 15) is 9.18 Å². The van der Waals surface area contributed by atoms with Crippen molar-refractivity contribution in [1.82, 2.24) is 15.5 Å². The van der Waals surface area contributed by atoms with Gasteiger partial charge in [0.15, 0.2) is 12.4 Å². The van der Waals surface area contributed by atoms with Crippen molar-refractivity contribution >= 4 is 11.7 Å². The molecule has 1 saturated heterocycles. The lowest BCUT2D eigenvalue weighted by atomic mass is 10.1. The fourth-order valence-corrected chi connectivity index (χ4v) is 2.71. The highest BCUT2D eigenvalue weighted by atomic mass is 19.1. The Balaban J connectivity index is 1.48. The zero-order valence-corrected chi connectivity index (χ0v) is 13.2. The fourth-order valence-electron chi connectivity index (χ4n) is 2.71. The largest absolute Gasteiger partial charge is 0.484 e. The minimum atomic E-state index is -0.335. The number of halogens is 1. The molecular weight excluding hydrogens is 311 g/mol. The third-order valence-corrected chi connectivity index (χ3v) is 3.85. The predicted molar refractivity (Wildman–Crippen MR) is 87.3 cm³/mol. The van der Waals surface area contributed by atoms with Gasteiger partial charge in [-0.05, 0) is 49.2 Å². The number of amides is 1. The van der Waals surface area contributed by atoms with Crippen molar-refractivity contribution in [3.8, 4) is 5.75 Å². The molecule has 1 aliphatic rings. The lowest BCUT2D eigenvalue weighted by Gasteiger charge is -2.33. The molecule has 24 heavy (non-hydrogen) atoms. The minimum Gasteiger partial charge on any atom is -0.484 e. The SMILES string of the molecule is O=C(COc1ccc(F)cc1)NC1CCCN(c2cccnn2)C1. The first-order valence-electron chi connectivity index (χ1n) is 7.91. The Morgan fingerprint density at radius 1 is 1.33 bits per heavy atom. The first-order valence-corrected chi connectivity index (χ1v) is 7.91. The van der Waals surface area contributed by atoms with E-state index in [0.29, 0.717) is 12.3 Å². The number of hydrogen-bond acceptors (Lipinski definition) is 5. The third kappa shape index (κ3) is 4.41. The molecule has 6 nitrogen and oxygen atoms in total. The van der Waals surface area contributed by atoms with E-state index in [-0.39, 0.29) is 24.4 Å². The maximum Gasteiger partial charge on any atom is 0.258 e. The number of rotatable bonds is 5. The van der Waals surface area contributed by atoms with Crippen molar-refractivity contribution < 1.29 is 13.9 Å². The molecule has 3 rings (SSSR count). The molecule has 1 aromatic heterocycles. The number of hydrogen-bond donors (Lipinski definition) is 1. The molecule has 0 aliphatic carbocycles. The monoisotopic (exact) mass is 330 g/mol. The molecule has 1 atom stereocenters. The van der Waals surface area contributed by atoms with Gasteiger partial charge < -0.3 is 15.0 Å². The van der Waals surface area contributed by atoms with Crippen LogP contribution in [-0.4, -0.2) is 41.8 Å². The molecule has 7 heteroatoms. The second-order valence-electron chi connectivity index (χ2n) is 5.68. The van der Waals surface area contributed by atoms with Crippen LogP contribution in [0.5, 0.6) is 5.75 Å². The summed E-state index contributed by atoms with van der Waals surface area (Å²) in [5.41, 5.74) is 0. The summed E-state index contributed by atoms with van der Waals surface area (Å²) in [5.74, 6) is 0.763. The number of nitrogens with one attached hydrogen (secondary N) is 1. The highest BCUT2D eigenvalue weighted by molar-refractivity contribution is 5.78. The maximum absolute atomic E-state index is 12.8. The van der Waals surface area contributed by atoms with Gasteiger partial charge in [-0.25, -0.2) is 4.39 Å². The fraction of sp³-hybridized carbons (Fsp3) is 0.353. The number of nitrogens with zero attached hydrogens (tertiary/aromatic N) is 3. The molecule has 1 amide bonds. The van der Waals surface area contributed by atoms with Crippen LogP contribution in [0.2, 0.25) is 0 Å². The van der Waals surface area contributed by atoms with E-state index in [0.717, 1.165) is 25.2 Å². The van der Waals surface area contributed by atoms with Crippen LogP contribution in [-0.2, 0) is 4.79 Å². The van der Waals surface area contributed by atoms with Gasteiger partial charge in [0, 0.05) is 25.3 Å². The smallest absolute Gasteiger partial charge is 0.258 e. The number of carbonyl (C=O) groups excluding carboxylic acids is 1. The van der Waals surface area contributed by atoms with Gasteiger partial charge in [-0.1, -0.05) is 0 Å². The van der Waals surface area contributed by atoms with Crippen LogP contribution >= 0.6 is 0 Å². The minimum absolute atomic E-state index is 0.0464. The molecule has 1 fully saturated rings. The Morgan fingerprint density at radius 3 is 2.92 bits per heavy atom. The second kappa shape index (κ2) is 7.72. The van der Waals surface area contributed by atoms with E-state index >= 15 is 0 Å². The van der Waals surface area contributed by atoms with Gasteiger partial charge in [-0.2, -0.15) is 5.10 Å². The molecule has 2 heterocycles. The molecule has 1 unspecified atom stereocenters. The van der Waals surface area contributed by atoms with Gasteiger partial charge in [0.1, 0.15) is 11.6 Å². The van der Waals surface area contributed by atoms with Gasteiger partial charge in [-0.15, -0.1) is 5.10 Å². The van der Waals surface area contributed by atoms with Crippen molar-refractivity contribution in [1.29, 1.82) is 0 Å². The average molecular weight is 330 g/mol. The zero-order chi connectivity index (χ0) is 16.8. The number of aromatic nitrogens is 2. The third-order valence-electron chi connectivity index (χ3n) is 3.85. The van der Waals surface area contributed by atoms with Gasteiger partial charge in [0.05, 0.1) is 0 Å². The van der Waals surface area contributed by atoms with Crippen molar-refractivity contribution in [3.05, 3.63) is 48.4 Å². The van der Waals surface area contributed by atoms with Crippen LogP contribution in [0.1, 0.15) is 12.8 Å². The Hall–Kier alpha value is -2.70. The van der Waals surface area contributed by atoms with E-state index in [4.69, 9.17) is 4.74 Å². The van der Waals surface area contributed by atoms with Crippen LogP contribution < -0.4 is 15.0 Å². The Morgan fingerprint density at radius 2 is 2.17 bits per heavy atom. The van der Waals surface area contributed by atoms with Gasteiger partial charge in [0.2, 0.25) is 0 Å². The van der Waals surface area contributed by atoms with Gasteiger partial charge in [-0.3, -0.25) is 4.79 Å². The molecule has 0 radical (unpaired) electrons. The Kier molecular flexibility index (Phi) is 5.20. The number of benzene rings is 1. The standard InChI is InChI=1S/C17H19FN4O2/c18-13-5-7-15(8-6-13)24-12-17(23)20-14-3-2-10-22(11-14)16-4-1-9-19-21-16/h1,4-9,14H,2-3,10-12H2,(H,20,23). The molecule has 1 aromatic carbocycles. The topological polar surface area (TPSA) is 67.3 Å². The van der Waals surface area contributed by atoms with E-state index in [2.05, 4.69) is 20.4 Å². The summed E-state index contributed by atoms with van der Waals surface area (Å²) < 4.78 is 18.2. The van der Waals surface area contributed by atoms with Gasteiger partial charge in [0.25, 0.3) is 5.91 Å². The number of piperidine rings is 1. The van der Waals surface area contributed by atoms with E-state index in [1.165, 1.54) is 24.3 Å². The van der Waals surface area contributed by atoms with E-state index in [1.807, 2.05) is 12.1 Å². The lowest BCUT2D eigenvalue weighted by molar-refractivity contribution is -0.123. The van der Waals surface area contributed by atoms with E-state index in [1.54, 1.807) is 6.20 Å². The summed E-state index contributed by atoms with van der Waals surface area (Å²) in [6.45, 7) is 1.51. The number of ether oxygens (including phenoxy) is 1. The van der Waals surface area contributed by atoms with Crippen LogP contribution in [0, 0.1) is 5.82 Å².